The molecule has 0 N–H and O–H groups in total. The Morgan fingerprint density at radius 2 is 0.591 bits per heavy atom. The Kier molecular flexibility index (Phi) is 52.8. The largest absolute Gasteiger partial charge is 0.462 e. The zero-order valence-electron chi connectivity index (χ0n) is 44.0. The number of ether oxygens (including phenoxy) is 3. The number of carbonyl (C=O) groups is 3. The van der Waals surface area contributed by atoms with E-state index in [2.05, 4.69) is 69.4 Å². The van der Waals surface area contributed by atoms with E-state index in [-0.39, 0.29) is 31.1 Å². The molecule has 0 saturated heterocycles. The van der Waals surface area contributed by atoms with E-state index in [1.54, 1.807) is 0 Å². The molecule has 6 nitrogen and oxygen atoms in total. The van der Waals surface area contributed by atoms with Crippen molar-refractivity contribution in [3.05, 3.63) is 48.6 Å². The van der Waals surface area contributed by atoms with Gasteiger partial charge in [-0.15, -0.1) is 0 Å². The fraction of sp³-hybridized carbons (Fsp3) is 0.817. The summed E-state index contributed by atoms with van der Waals surface area (Å²) in [6.45, 7) is 6.54. The molecule has 0 aliphatic heterocycles. The predicted molar refractivity (Wildman–Crippen MR) is 284 cm³/mol. The number of esters is 3. The van der Waals surface area contributed by atoms with Crippen molar-refractivity contribution in [2.24, 2.45) is 0 Å². The minimum atomic E-state index is -0.783. The zero-order chi connectivity index (χ0) is 47.9. The Bertz CT molecular complexity index is 1150. The Labute approximate surface area is 409 Å². The predicted octanol–water partition coefficient (Wildman–Crippen LogP) is 19.0. The minimum Gasteiger partial charge on any atom is -0.462 e. The topological polar surface area (TPSA) is 78.9 Å². The SMILES string of the molecule is CC/C=C\C/C=C\C/C=C\CCCCCCC(=O)OCC(COC(=O)CCCCCCC/C=C\CCCCCCCCCCC)OC(=O)CCCCCCCCCCCCCCCCCC. The van der Waals surface area contributed by atoms with Crippen LogP contribution in [-0.4, -0.2) is 37.2 Å². The molecular formula is C60H108O6. The highest BCUT2D eigenvalue weighted by atomic mass is 16.6. The van der Waals surface area contributed by atoms with Crippen molar-refractivity contribution in [1.82, 2.24) is 0 Å². The molecule has 0 fully saturated rings. The van der Waals surface area contributed by atoms with E-state index < -0.39 is 6.10 Å². The summed E-state index contributed by atoms with van der Waals surface area (Å²) >= 11 is 0. The van der Waals surface area contributed by atoms with Crippen molar-refractivity contribution in [2.75, 3.05) is 13.2 Å². The molecule has 0 amide bonds. The zero-order valence-corrected chi connectivity index (χ0v) is 44.0. The van der Waals surface area contributed by atoms with Crippen LogP contribution in [0.15, 0.2) is 48.6 Å². The number of hydrogen-bond acceptors (Lipinski definition) is 6. The molecule has 6 heteroatoms. The lowest BCUT2D eigenvalue weighted by atomic mass is 10.0. The monoisotopic (exact) mass is 925 g/mol. The standard InChI is InChI=1S/C60H108O6/c1-4-7-10-13-16-19-22-25-28-30-31-33-35-38-41-44-47-50-53-59(62)65-56-57(55-64-58(61)52-49-46-43-40-37-34-27-24-21-18-15-12-9-6-3)66-60(63)54-51-48-45-42-39-36-32-29-26-23-20-17-14-11-8-5-2/h9,12,18,21,27,31,33-34,57H,4-8,10-11,13-17,19-20,22-26,28-30,32,35-56H2,1-3H3/b12-9-,21-18-,33-31-,34-27-. The summed E-state index contributed by atoms with van der Waals surface area (Å²) in [6, 6.07) is 0. The van der Waals surface area contributed by atoms with Crippen LogP contribution in [0.25, 0.3) is 0 Å². The Balaban J connectivity index is 4.37. The van der Waals surface area contributed by atoms with Crippen molar-refractivity contribution < 1.29 is 28.6 Å². The van der Waals surface area contributed by atoms with Crippen molar-refractivity contribution in [3.8, 4) is 0 Å². The van der Waals surface area contributed by atoms with Gasteiger partial charge in [-0.1, -0.05) is 249 Å². The number of rotatable bonds is 52. The molecule has 0 radical (unpaired) electrons. The van der Waals surface area contributed by atoms with E-state index in [0.29, 0.717) is 19.3 Å². The van der Waals surface area contributed by atoms with Gasteiger partial charge in [0.15, 0.2) is 6.10 Å². The fourth-order valence-electron chi connectivity index (χ4n) is 8.28. The number of hydrogen-bond donors (Lipinski definition) is 0. The van der Waals surface area contributed by atoms with Crippen LogP contribution < -0.4 is 0 Å². The van der Waals surface area contributed by atoms with Crippen molar-refractivity contribution in [3.63, 3.8) is 0 Å². The third-order valence-corrected chi connectivity index (χ3v) is 12.6. The third-order valence-electron chi connectivity index (χ3n) is 12.6. The molecule has 0 aromatic carbocycles. The van der Waals surface area contributed by atoms with E-state index in [0.717, 1.165) is 96.3 Å². The summed E-state index contributed by atoms with van der Waals surface area (Å²) in [7, 11) is 0. The maximum atomic E-state index is 12.8. The highest BCUT2D eigenvalue weighted by Gasteiger charge is 2.19. The van der Waals surface area contributed by atoms with Gasteiger partial charge in [0, 0.05) is 19.3 Å². The Morgan fingerprint density at radius 1 is 0.318 bits per heavy atom. The first-order chi connectivity index (χ1) is 32.5. The van der Waals surface area contributed by atoms with Crippen LogP contribution in [0.4, 0.5) is 0 Å². The molecule has 1 atom stereocenters. The van der Waals surface area contributed by atoms with E-state index >= 15 is 0 Å². The van der Waals surface area contributed by atoms with Gasteiger partial charge >= 0.3 is 17.9 Å². The molecule has 0 spiro atoms. The molecule has 0 aromatic heterocycles. The third kappa shape index (κ3) is 52.3. The Hall–Kier alpha value is -2.63. The van der Waals surface area contributed by atoms with Gasteiger partial charge in [-0.2, -0.15) is 0 Å². The highest BCUT2D eigenvalue weighted by molar-refractivity contribution is 5.71. The summed E-state index contributed by atoms with van der Waals surface area (Å²) in [4.78, 5) is 38.1. The van der Waals surface area contributed by atoms with Crippen molar-refractivity contribution >= 4 is 17.9 Å². The number of allylic oxidation sites excluding steroid dienone is 8. The van der Waals surface area contributed by atoms with Gasteiger partial charge in [0.05, 0.1) is 0 Å². The first-order valence-corrected chi connectivity index (χ1v) is 28.6. The first-order valence-electron chi connectivity index (χ1n) is 28.6. The highest BCUT2D eigenvalue weighted by Crippen LogP contribution is 2.16. The number of carbonyl (C=O) groups excluding carboxylic acids is 3. The lowest BCUT2D eigenvalue weighted by molar-refractivity contribution is -0.167. The lowest BCUT2D eigenvalue weighted by Gasteiger charge is -2.18. The Morgan fingerprint density at radius 3 is 0.939 bits per heavy atom. The van der Waals surface area contributed by atoms with Gasteiger partial charge in [-0.3, -0.25) is 14.4 Å². The average molecular weight is 926 g/mol. The summed E-state index contributed by atoms with van der Waals surface area (Å²) in [6.07, 6.45) is 66.7. The van der Waals surface area contributed by atoms with Crippen LogP contribution in [0, 0.1) is 0 Å². The molecule has 384 valence electrons. The molecule has 0 aliphatic rings. The second kappa shape index (κ2) is 55.0. The molecule has 0 bridgehead atoms. The van der Waals surface area contributed by atoms with Crippen LogP contribution in [0.1, 0.15) is 297 Å². The van der Waals surface area contributed by atoms with Crippen molar-refractivity contribution in [2.45, 2.75) is 303 Å². The van der Waals surface area contributed by atoms with Gasteiger partial charge in [0.1, 0.15) is 13.2 Å². The van der Waals surface area contributed by atoms with Gasteiger partial charge in [0.25, 0.3) is 0 Å². The molecule has 0 heterocycles. The normalized spacial score (nSPS) is 12.3. The summed E-state index contributed by atoms with van der Waals surface area (Å²) in [5.74, 6) is -0.898. The lowest BCUT2D eigenvalue weighted by Crippen LogP contribution is -2.30. The minimum absolute atomic E-state index is 0.0819. The fourth-order valence-corrected chi connectivity index (χ4v) is 8.28. The average Bonchev–Trinajstić information content (AvgIpc) is 3.31. The first kappa shape index (κ1) is 63.4. The molecule has 1 unspecified atom stereocenters. The van der Waals surface area contributed by atoms with Gasteiger partial charge in [-0.05, 0) is 77.0 Å². The molecule has 0 rings (SSSR count). The van der Waals surface area contributed by atoms with Crippen LogP contribution >= 0.6 is 0 Å². The van der Waals surface area contributed by atoms with Gasteiger partial charge < -0.3 is 14.2 Å². The molecule has 0 saturated carbocycles. The van der Waals surface area contributed by atoms with Crippen molar-refractivity contribution in [1.29, 1.82) is 0 Å². The second-order valence-electron chi connectivity index (χ2n) is 19.2. The molecule has 0 aromatic rings. The molecule has 0 aliphatic carbocycles. The molecular weight excluding hydrogens is 817 g/mol. The summed E-state index contributed by atoms with van der Waals surface area (Å²) in [5, 5.41) is 0. The molecule has 66 heavy (non-hydrogen) atoms. The smallest absolute Gasteiger partial charge is 0.306 e. The van der Waals surface area contributed by atoms with Crippen LogP contribution in [0.5, 0.6) is 0 Å². The van der Waals surface area contributed by atoms with Crippen LogP contribution in [-0.2, 0) is 28.6 Å². The van der Waals surface area contributed by atoms with E-state index in [4.69, 9.17) is 14.2 Å². The second-order valence-corrected chi connectivity index (χ2v) is 19.2. The van der Waals surface area contributed by atoms with Crippen LogP contribution in [0.2, 0.25) is 0 Å². The van der Waals surface area contributed by atoms with E-state index in [1.165, 1.54) is 161 Å². The van der Waals surface area contributed by atoms with Gasteiger partial charge in [-0.25, -0.2) is 0 Å². The van der Waals surface area contributed by atoms with Gasteiger partial charge in [0.2, 0.25) is 0 Å². The number of unbranched alkanes of at least 4 members (excludes halogenated alkanes) is 33. The quantitative estimate of drug-likeness (QED) is 0.0262. The maximum absolute atomic E-state index is 12.8. The summed E-state index contributed by atoms with van der Waals surface area (Å²) in [5.41, 5.74) is 0. The van der Waals surface area contributed by atoms with E-state index in [1.807, 2.05) is 0 Å². The van der Waals surface area contributed by atoms with E-state index in [9.17, 15) is 14.4 Å². The maximum Gasteiger partial charge on any atom is 0.306 e. The summed E-state index contributed by atoms with van der Waals surface area (Å²) < 4.78 is 16.8. The van der Waals surface area contributed by atoms with Crippen LogP contribution in [0.3, 0.4) is 0 Å².